The first-order valence-electron chi connectivity index (χ1n) is 7.77. The minimum Gasteiger partial charge on any atom is -0.452 e. The van der Waals surface area contributed by atoms with Gasteiger partial charge in [-0.2, -0.15) is 0 Å². The quantitative estimate of drug-likeness (QED) is 0.823. The fraction of sp³-hybridized carbons (Fsp3) is 0.471. The number of benzene rings is 1. The Hall–Kier alpha value is -2.37. The number of hydrogen-bond donors (Lipinski definition) is 1. The highest BCUT2D eigenvalue weighted by atomic mass is 16.5. The summed E-state index contributed by atoms with van der Waals surface area (Å²) in [5, 5.41) is 2.52. The molecule has 0 bridgehead atoms. The van der Waals surface area contributed by atoms with Gasteiger partial charge in [-0.05, 0) is 24.5 Å². The zero-order chi connectivity index (χ0) is 16.8. The summed E-state index contributed by atoms with van der Waals surface area (Å²) >= 11 is 0. The van der Waals surface area contributed by atoms with Gasteiger partial charge in [0, 0.05) is 26.6 Å². The molecule has 0 spiro atoms. The highest BCUT2D eigenvalue weighted by Crippen LogP contribution is 2.19. The third-order valence-corrected chi connectivity index (χ3v) is 3.80. The molecule has 6 heteroatoms. The van der Waals surface area contributed by atoms with E-state index in [0.29, 0.717) is 13.1 Å². The van der Waals surface area contributed by atoms with Gasteiger partial charge in [-0.25, -0.2) is 0 Å². The van der Waals surface area contributed by atoms with E-state index in [1.165, 1.54) is 12.5 Å². The molecule has 124 valence electrons. The number of ether oxygens (including phenoxy) is 1. The summed E-state index contributed by atoms with van der Waals surface area (Å²) in [4.78, 5) is 36.5. The normalized spacial score (nSPS) is 14.6. The van der Waals surface area contributed by atoms with Crippen molar-refractivity contribution in [3.05, 3.63) is 35.4 Å². The van der Waals surface area contributed by atoms with Crippen molar-refractivity contribution in [2.24, 2.45) is 0 Å². The lowest BCUT2D eigenvalue weighted by molar-refractivity contribution is -0.159. The first kappa shape index (κ1) is 17.0. The summed E-state index contributed by atoms with van der Waals surface area (Å²) in [6.45, 7) is 4.35. The van der Waals surface area contributed by atoms with Crippen LogP contribution in [-0.4, -0.2) is 41.9 Å². The van der Waals surface area contributed by atoms with Gasteiger partial charge >= 0.3 is 5.97 Å². The number of nitrogens with one attached hydrogen (secondary N) is 1. The standard InChI is InChI=1S/C17H22N2O4/c1-12(23-16(21)7-9-18-13(2)20)17(22)19-10-8-14-5-3-4-6-15(14)11-19/h3-6,12H,7-11H2,1-2H3,(H,18,20). The van der Waals surface area contributed by atoms with Gasteiger partial charge in [0.2, 0.25) is 5.91 Å². The van der Waals surface area contributed by atoms with Gasteiger partial charge in [0.15, 0.2) is 6.10 Å². The zero-order valence-corrected chi connectivity index (χ0v) is 13.5. The molecule has 0 saturated carbocycles. The predicted octanol–water partition coefficient (Wildman–Crippen LogP) is 1.03. The van der Waals surface area contributed by atoms with E-state index in [-0.39, 0.29) is 24.8 Å². The first-order valence-corrected chi connectivity index (χ1v) is 7.77. The Bertz CT molecular complexity index is 600. The molecule has 1 unspecified atom stereocenters. The number of hydrogen-bond acceptors (Lipinski definition) is 4. The van der Waals surface area contributed by atoms with Gasteiger partial charge in [0.1, 0.15) is 0 Å². The number of amides is 2. The summed E-state index contributed by atoms with van der Waals surface area (Å²) in [5.74, 6) is -0.877. The van der Waals surface area contributed by atoms with E-state index in [2.05, 4.69) is 11.4 Å². The molecular formula is C17H22N2O4. The molecule has 2 rings (SSSR count). The van der Waals surface area contributed by atoms with E-state index in [4.69, 9.17) is 4.74 Å². The zero-order valence-electron chi connectivity index (χ0n) is 13.5. The van der Waals surface area contributed by atoms with E-state index in [9.17, 15) is 14.4 Å². The van der Waals surface area contributed by atoms with Crippen LogP contribution in [0.5, 0.6) is 0 Å². The lowest BCUT2D eigenvalue weighted by Gasteiger charge is -2.30. The third-order valence-electron chi connectivity index (χ3n) is 3.80. The summed E-state index contributed by atoms with van der Waals surface area (Å²) in [5.41, 5.74) is 2.40. The molecule has 1 aliphatic heterocycles. The molecule has 1 atom stereocenters. The van der Waals surface area contributed by atoms with Crippen LogP contribution in [0.25, 0.3) is 0 Å². The van der Waals surface area contributed by atoms with Crippen molar-refractivity contribution in [1.29, 1.82) is 0 Å². The lowest BCUT2D eigenvalue weighted by atomic mass is 9.99. The maximum atomic E-state index is 12.4. The lowest BCUT2D eigenvalue weighted by Crippen LogP contribution is -2.42. The van der Waals surface area contributed by atoms with Crippen LogP contribution in [0.15, 0.2) is 24.3 Å². The Balaban J connectivity index is 1.83. The topological polar surface area (TPSA) is 75.7 Å². The second-order valence-electron chi connectivity index (χ2n) is 5.64. The van der Waals surface area contributed by atoms with Gasteiger partial charge in [-0.15, -0.1) is 0 Å². The SMILES string of the molecule is CC(=O)NCCC(=O)OC(C)C(=O)N1CCc2ccccc2C1. The fourth-order valence-corrected chi connectivity index (χ4v) is 2.59. The second kappa shape index (κ2) is 7.76. The van der Waals surface area contributed by atoms with Crippen molar-refractivity contribution in [3.8, 4) is 0 Å². The minimum atomic E-state index is -0.815. The predicted molar refractivity (Wildman–Crippen MR) is 84.4 cm³/mol. The Morgan fingerprint density at radius 1 is 1.26 bits per heavy atom. The monoisotopic (exact) mass is 318 g/mol. The van der Waals surface area contributed by atoms with Crippen LogP contribution in [0.1, 0.15) is 31.4 Å². The van der Waals surface area contributed by atoms with Crippen molar-refractivity contribution in [2.75, 3.05) is 13.1 Å². The summed E-state index contributed by atoms with van der Waals surface area (Å²) < 4.78 is 5.15. The van der Waals surface area contributed by atoms with Gasteiger partial charge in [0.25, 0.3) is 5.91 Å². The molecule has 23 heavy (non-hydrogen) atoms. The Morgan fingerprint density at radius 3 is 2.65 bits per heavy atom. The number of carbonyl (C=O) groups is 3. The van der Waals surface area contributed by atoms with Gasteiger partial charge < -0.3 is 15.0 Å². The average Bonchev–Trinajstić information content (AvgIpc) is 2.53. The molecular weight excluding hydrogens is 296 g/mol. The summed E-state index contributed by atoms with van der Waals surface area (Å²) in [7, 11) is 0. The van der Waals surface area contributed by atoms with Gasteiger partial charge in [-0.3, -0.25) is 14.4 Å². The summed E-state index contributed by atoms with van der Waals surface area (Å²) in [6, 6.07) is 8.04. The Labute approximate surface area is 135 Å². The molecule has 2 amide bonds. The van der Waals surface area contributed by atoms with Gasteiger partial charge in [-0.1, -0.05) is 24.3 Å². The molecule has 0 radical (unpaired) electrons. The minimum absolute atomic E-state index is 0.0556. The van der Waals surface area contributed by atoms with Crippen molar-refractivity contribution in [2.45, 2.75) is 39.3 Å². The van der Waals surface area contributed by atoms with Crippen LogP contribution >= 0.6 is 0 Å². The maximum absolute atomic E-state index is 12.4. The molecule has 0 fully saturated rings. The number of rotatable bonds is 5. The van der Waals surface area contributed by atoms with Gasteiger partial charge in [0.05, 0.1) is 6.42 Å². The Kier molecular flexibility index (Phi) is 5.73. The molecule has 1 aromatic rings. The largest absolute Gasteiger partial charge is 0.452 e. The fourth-order valence-electron chi connectivity index (χ4n) is 2.59. The molecule has 1 aromatic carbocycles. The third kappa shape index (κ3) is 4.81. The van der Waals surface area contributed by atoms with Crippen LogP contribution < -0.4 is 5.32 Å². The van der Waals surface area contributed by atoms with E-state index in [0.717, 1.165) is 12.0 Å². The molecule has 0 aliphatic carbocycles. The molecule has 0 saturated heterocycles. The Morgan fingerprint density at radius 2 is 1.96 bits per heavy atom. The molecule has 6 nitrogen and oxygen atoms in total. The highest BCUT2D eigenvalue weighted by Gasteiger charge is 2.26. The average molecular weight is 318 g/mol. The van der Waals surface area contributed by atoms with E-state index < -0.39 is 12.1 Å². The van der Waals surface area contributed by atoms with Crippen LogP contribution in [-0.2, 0) is 32.1 Å². The number of nitrogens with zero attached hydrogens (tertiary/aromatic N) is 1. The molecule has 1 aliphatic rings. The van der Waals surface area contributed by atoms with Crippen molar-refractivity contribution < 1.29 is 19.1 Å². The van der Waals surface area contributed by atoms with Crippen LogP contribution in [0.2, 0.25) is 0 Å². The van der Waals surface area contributed by atoms with Crippen LogP contribution in [0, 0.1) is 0 Å². The first-order chi connectivity index (χ1) is 11.0. The summed E-state index contributed by atoms with van der Waals surface area (Å²) in [6.07, 6.45) is 0.0515. The number of carbonyl (C=O) groups excluding carboxylic acids is 3. The number of esters is 1. The molecule has 0 aromatic heterocycles. The number of fused-ring (bicyclic) bond motifs is 1. The molecule has 1 heterocycles. The highest BCUT2D eigenvalue weighted by molar-refractivity contribution is 5.84. The maximum Gasteiger partial charge on any atom is 0.308 e. The molecule has 1 N–H and O–H groups in total. The van der Waals surface area contributed by atoms with Crippen molar-refractivity contribution in [1.82, 2.24) is 10.2 Å². The van der Waals surface area contributed by atoms with E-state index >= 15 is 0 Å². The van der Waals surface area contributed by atoms with Crippen LogP contribution in [0.3, 0.4) is 0 Å². The smallest absolute Gasteiger partial charge is 0.308 e. The van der Waals surface area contributed by atoms with Crippen molar-refractivity contribution in [3.63, 3.8) is 0 Å². The van der Waals surface area contributed by atoms with Crippen molar-refractivity contribution >= 4 is 17.8 Å². The second-order valence-corrected chi connectivity index (χ2v) is 5.64. The van der Waals surface area contributed by atoms with Crippen LogP contribution in [0.4, 0.5) is 0 Å². The van der Waals surface area contributed by atoms with E-state index in [1.54, 1.807) is 11.8 Å². The van der Waals surface area contributed by atoms with E-state index in [1.807, 2.05) is 18.2 Å².